The summed E-state index contributed by atoms with van der Waals surface area (Å²) < 4.78 is 42.3. The van der Waals surface area contributed by atoms with E-state index in [0.29, 0.717) is 35.9 Å². The number of aliphatic hydroxyl groups is 1. The van der Waals surface area contributed by atoms with Crippen molar-refractivity contribution in [1.29, 1.82) is 0 Å². The van der Waals surface area contributed by atoms with E-state index in [-0.39, 0.29) is 23.3 Å². The van der Waals surface area contributed by atoms with E-state index in [1.807, 2.05) is 17.0 Å². The number of hydrogen-bond acceptors (Lipinski definition) is 6. The van der Waals surface area contributed by atoms with Gasteiger partial charge in [0.15, 0.2) is 0 Å². The fourth-order valence-corrected chi connectivity index (χ4v) is 7.69. The highest BCUT2D eigenvalue weighted by atomic mass is 35.5. The van der Waals surface area contributed by atoms with Gasteiger partial charge in [0.2, 0.25) is 5.95 Å². The van der Waals surface area contributed by atoms with Crippen LogP contribution in [0.4, 0.5) is 20.5 Å². The second-order valence-corrected chi connectivity index (χ2v) is 12.1. The highest BCUT2D eigenvalue weighted by Crippen LogP contribution is 2.50. The molecule has 34 heavy (non-hydrogen) atoms. The van der Waals surface area contributed by atoms with Crippen LogP contribution in [-0.4, -0.2) is 50.3 Å². The lowest BCUT2D eigenvalue weighted by Gasteiger charge is -2.42. The lowest BCUT2D eigenvalue weighted by Crippen LogP contribution is -2.49. The summed E-state index contributed by atoms with van der Waals surface area (Å²) >= 11 is 6.08. The van der Waals surface area contributed by atoms with Gasteiger partial charge in [0.25, 0.3) is 0 Å². The molecule has 0 radical (unpaired) electrons. The molecule has 2 bridgehead atoms. The van der Waals surface area contributed by atoms with Crippen LogP contribution in [0.1, 0.15) is 49.3 Å². The van der Waals surface area contributed by atoms with Crippen LogP contribution in [0.15, 0.2) is 29.2 Å². The zero-order valence-electron chi connectivity index (χ0n) is 18.6. The average Bonchev–Trinajstić information content (AvgIpc) is 3.18. The Labute approximate surface area is 204 Å². The summed E-state index contributed by atoms with van der Waals surface area (Å²) in [5.41, 5.74) is 0.241. The van der Waals surface area contributed by atoms with Gasteiger partial charge in [-0.05, 0) is 67.6 Å². The molecule has 3 fully saturated rings. The molecule has 1 saturated heterocycles. The molecule has 10 heteroatoms. The lowest BCUT2D eigenvalue weighted by molar-refractivity contribution is 0.0191. The van der Waals surface area contributed by atoms with Crippen molar-refractivity contribution in [3.8, 4) is 0 Å². The van der Waals surface area contributed by atoms with Gasteiger partial charge in [-0.1, -0.05) is 23.7 Å². The van der Waals surface area contributed by atoms with Crippen LogP contribution in [0.5, 0.6) is 0 Å². The van der Waals surface area contributed by atoms with Crippen molar-refractivity contribution in [3.05, 3.63) is 40.5 Å². The number of benzene rings is 1. The van der Waals surface area contributed by atoms with Gasteiger partial charge in [0.05, 0.1) is 28.7 Å². The van der Waals surface area contributed by atoms with Crippen LogP contribution >= 0.6 is 11.6 Å². The Bertz CT molecular complexity index is 1130. The maximum absolute atomic E-state index is 14.8. The molecule has 6 nitrogen and oxygen atoms in total. The first-order valence-corrected chi connectivity index (χ1v) is 13.6. The van der Waals surface area contributed by atoms with Crippen molar-refractivity contribution in [2.75, 3.05) is 35.7 Å². The summed E-state index contributed by atoms with van der Waals surface area (Å²) in [4.78, 5) is 11.0. The summed E-state index contributed by atoms with van der Waals surface area (Å²) in [6, 6.07) is 8.02. The Hall–Kier alpha value is -1.84. The number of fused-ring (bicyclic) bond motifs is 3. The zero-order chi connectivity index (χ0) is 23.7. The number of aliphatic hydroxyl groups excluding tert-OH is 1. The van der Waals surface area contributed by atoms with Crippen molar-refractivity contribution in [3.63, 3.8) is 0 Å². The molecule has 2 aliphatic heterocycles. The first-order valence-electron chi connectivity index (χ1n) is 11.9. The maximum Gasteiger partial charge on any atom is 0.302 e. The standard InChI is InChI=1S/C24H27ClF2N4O2S/c25-17-6-4-14(5-7-17)18-15-2-3-16(18)11-31(10-15)22-28-20-19(34(33)13-24(20,26)27)21(29-22)30-23(12-32)8-1-9-23/h4-7,15-16,18,32H,1-3,8-13H2,(H,28,29,30). The minimum Gasteiger partial charge on any atom is -0.394 e. The van der Waals surface area contributed by atoms with Gasteiger partial charge in [-0.15, -0.1) is 0 Å². The van der Waals surface area contributed by atoms with E-state index in [4.69, 9.17) is 11.6 Å². The van der Waals surface area contributed by atoms with Crippen LogP contribution in [0.3, 0.4) is 0 Å². The molecule has 182 valence electrons. The van der Waals surface area contributed by atoms with Gasteiger partial charge in [-0.2, -0.15) is 13.8 Å². The first kappa shape index (κ1) is 22.6. The molecule has 2 aromatic rings. The predicted molar refractivity (Wildman–Crippen MR) is 127 cm³/mol. The van der Waals surface area contributed by atoms with Crippen LogP contribution in [0.2, 0.25) is 5.02 Å². The second kappa shape index (κ2) is 8.10. The molecule has 3 atom stereocenters. The molecule has 3 heterocycles. The molecular weight excluding hydrogens is 482 g/mol. The van der Waals surface area contributed by atoms with Gasteiger partial charge in [0, 0.05) is 18.1 Å². The van der Waals surface area contributed by atoms with Gasteiger partial charge in [-0.25, -0.2) is 4.98 Å². The number of hydrogen-bond donors (Lipinski definition) is 2. The summed E-state index contributed by atoms with van der Waals surface area (Å²) in [6.45, 7) is 1.24. The third-order valence-electron chi connectivity index (χ3n) is 8.11. The third-order valence-corrected chi connectivity index (χ3v) is 9.83. The number of aromatic nitrogens is 2. The van der Waals surface area contributed by atoms with Crippen LogP contribution in [-0.2, 0) is 16.7 Å². The van der Waals surface area contributed by atoms with Crippen molar-refractivity contribution in [2.45, 2.75) is 54.4 Å². The molecule has 4 aliphatic rings. The smallest absolute Gasteiger partial charge is 0.302 e. The second-order valence-electron chi connectivity index (χ2n) is 10.2. The molecule has 2 N–H and O–H groups in total. The quantitative estimate of drug-likeness (QED) is 0.627. The van der Waals surface area contributed by atoms with Crippen molar-refractivity contribution >= 4 is 34.2 Å². The molecular formula is C24H27ClF2N4O2S. The molecule has 1 aromatic carbocycles. The lowest BCUT2D eigenvalue weighted by atomic mass is 9.77. The Balaban J connectivity index is 1.34. The van der Waals surface area contributed by atoms with Crippen LogP contribution in [0, 0.1) is 11.8 Å². The molecule has 0 spiro atoms. The molecule has 3 unspecified atom stereocenters. The van der Waals surface area contributed by atoms with E-state index in [1.54, 1.807) is 0 Å². The zero-order valence-corrected chi connectivity index (χ0v) is 20.2. The number of halogens is 3. The highest BCUT2D eigenvalue weighted by molar-refractivity contribution is 7.85. The minimum absolute atomic E-state index is 0.00695. The number of nitrogens with zero attached hydrogens (tertiary/aromatic N) is 3. The van der Waals surface area contributed by atoms with E-state index in [0.717, 1.165) is 32.1 Å². The van der Waals surface area contributed by atoms with Crippen molar-refractivity contribution < 1.29 is 18.1 Å². The number of anilines is 2. The van der Waals surface area contributed by atoms with E-state index < -0.39 is 33.7 Å². The topological polar surface area (TPSA) is 78.4 Å². The van der Waals surface area contributed by atoms with Crippen LogP contribution < -0.4 is 10.2 Å². The number of rotatable bonds is 5. The highest BCUT2D eigenvalue weighted by Gasteiger charge is 2.50. The van der Waals surface area contributed by atoms with Crippen molar-refractivity contribution in [2.24, 2.45) is 11.8 Å². The number of alkyl halides is 2. The predicted octanol–water partition coefficient (Wildman–Crippen LogP) is 4.30. The molecule has 0 amide bonds. The molecule has 6 rings (SSSR count). The fourth-order valence-electron chi connectivity index (χ4n) is 6.23. The number of nitrogens with one attached hydrogen (secondary N) is 1. The molecule has 2 saturated carbocycles. The third kappa shape index (κ3) is 3.62. The summed E-state index contributed by atoms with van der Waals surface area (Å²) in [5.74, 6) is -2.43. The average molecular weight is 509 g/mol. The van der Waals surface area contributed by atoms with Gasteiger partial charge < -0.3 is 15.3 Å². The van der Waals surface area contributed by atoms with E-state index in [9.17, 15) is 18.1 Å². The van der Waals surface area contributed by atoms with Gasteiger partial charge in [-0.3, -0.25) is 4.21 Å². The van der Waals surface area contributed by atoms with E-state index >= 15 is 0 Å². The minimum atomic E-state index is -3.26. The monoisotopic (exact) mass is 508 g/mol. The van der Waals surface area contributed by atoms with Crippen LogP contribution in [0.25, 0.3) is 0 Å². The SMILES string of the molecule is O=S1CC(F)(F)c2nc(N3CC4CCC(C3)C4c3ccc(Cl)cc3)nc(NC3(CO)CCC3)c21. The Kier molecular flexibility index (Phi) is 5.39. The Morgan fingerprint density at radius 3 is 2.41 bits per heavy atom. The summed E-state index contributed by atoms with van der Waals surface area (Å²) in [5, 5.41) is 13.8. The summed E-state index contributed by atoms with van der Waals surface area (Å²) in [7, 11) is -1.89. The number of piperidine rings is 1. The molecule has 2 aliphatic carbocycles. The van der Waals surface area contributed by atoms with Crippen molar-refractivity contribution in [1.82, 2.24) is 9.97 Å². The normalized spacial score (nSPS) is 30.6. The largest absolute Gasteiger partial charge is 0.394 e. The fraction of sp³-hybridized carbons (Fsp3) is 0.583. The van der Waals surface area contributed by atoms with E-state index in [1.165, 1.54) is 5.56 Å². The van der Waals surface area contributed by atoms with E-state index in [2.05, 4.69) is 27.4 Å². The molecule has 1 aromatic heterocycles. The van der Waals surface area contributed by atoms with Gasteiger partial charge in [0.1, 0.15) is 16.4 Å². The summed E-state index contributed by atoms with van der Waals surface area (Å²) in [6.07, 6.45) is 4.51. The maximum atomic E-state index is 14.8. The Morgan fingerprint density at radius 1 is 1.15 bits per heavy atom. The Morgan fingerprint density at radius 2 is 1.82 bits per heavy atom. The first-order chi connectivity index (χ1) is 16.3. The van der Waals surface area contributed by atoms with Gasteiger partial charge >= 0.3 is 5.92 Å².